The number of likely N-dealkylation sites (tertiary alicyclic amines) is 1. The van der Waals surface area contributed by atoms with Crippen molar-refractivity contribution in [3.8, 4) is 11.1 Å². The molecule has 3 rings (SSSR count). The molecule has 0 aliphatic carbocycles. The van der Waals surface area contributed by atoms with Crippen LogP contribution in [0.4, 0.5) is 0 Å². The van der Waals surface area contributed by atoms with Crippen LogP contribution in [0.1, 0.15) is 42.5 Å². The molecule has 2 aromatic carbocycles. The fourth-order valence-corrected chi connectivity index (χ4v) is 4.14. The van der Waals surface area contributed by atoms with Gasteiger partial charge in [0.25, 0.3) is 5.91 Å². The second-order valence-electron chi connectivity index (χ2n) is 6.68. The first-order valence-electron chi connectivity index (χ1n) is 8.98. The van der Waals surface area contributed by atoms with Crippen LogP contribution in [0.15, 0.2) is 53.4 Å². The number of amides is 1. The number of benzene rings is 2. The molecule has 2 N–H and O–H groups in total. The van der Waals surface area contributed by atoms with Crippen molar-refractivity contribution in [2.24, 2.45) is 5.14 Å². The standard InChI is InChI=1S/C20H24N2O3S/c21-26(24,25)19-9-5-4-8-18(19)16-10-12-17(13-11-16)20(23)22-14-6-2-1-3-7-15-22/h4-5,8-13H,1-3,6-7,14-15H2,(H2,21,24,25). The van der Waals surface area contributed by atoms with Crippen LogP contribution in [0.5, 0.6) is 0 Å². The van der Waals surface area contributed by atoms with E-state index in [1.165, 1.54) is 25.3 Å². The summed E-state index contributed by atoms with van der Waals surface area (Å²) >= 11 is 0. The molecule has 1 aliphatic heterocycles. The van der Waals surface area contributed by atoms with E-state index in [0.29, 0.717) is 11.1 Å². The van der Waals surface area contributed by atoms with E-state index in [1.807, 2.05) is 4.90 Å². The number of nitrogens with zero attached hydrogens (tertiary/aromatic N) is 1. The zero-order valence-electron chi connectivity index (χ0n) is 14.7. The third-order valence-corrected chi connectivity index (χ3v) is 5.75. The van der Waals surface area contributed by atoms with Crippen LogP contribution in [0, 0.1) is 0 Å². The molecule has 1 fully saturated rings. The zero-order valence-corrected chi connectivity index (χ0v) is 15.5. The Labute approximate surface area is 154 Å². The summed E-state index contributed by atoms with van der Waals surface area (Å²) in [4.78, 5) is 14.8. The van der Waals surface area contributed by atoms with Crippen molar-refractivity contribution in [1.29, 1.82) is 0 Å². The van der Waals surface area contributed by atoms with Crippen LogP contribution >= 0.6 is 0 Å². The van der Waals surface area contributed by atoms with Gasteiger partial charge in [0.2, 0.25) is 10.0 Å². The maximum Gasteiger partial charge on any atom is 0.253 e. The maximum absolute atomic E-state index is 12.7. The highest BCUT2D eigenvalue weighted by atomic mass is 32.2. The van der Waals surface area contributed by atoms with Crippen molar-refractivity contribution in [2.75, 3.05) is 13.1 Å². The van der Waals surface area contributed by atoms with Gasteiger partial charge in [0.1, 0.15) is 0 Å². The number of carbonyl (C=O) groups is 1. The largest absolute Gasteiger partial charge is 0.339 e. The monoisotopic (exact) mass is 372 g/mol. The summed E-state index contributed by atoms with van der Waals surface area (Å²) in [5, 5.41) is 5.31. The molecule has 0 unspecified atom stereocenters. The van der Waals surface area contributed by atoms with Gasteiger partial charge in [-0.1, -0.05) is 49.6 Å². The summed E-state index contributed by atoms with van der Waals surface area (Å²) in [5.74, 6) is 0.0400. The zero-order chi connectivity index (χ0) is 18.6. The van der Waals surface area contributed by atoms with Gasteiger partial charge in [-0.15, -0.1) is 0 Å². The lowest BCUT2D eigenvalue weighted by molar-refractivity contribution is 0.0742. The number of nitrogens with two attached hydrogens (primary N) is 1. The SMILES string of the molecule is NS(=O)(=O)c1ccccc1-c1ccc(C(=O)N2CCCCCCC2)cc1. The van der Waals surface area contributed by atoms with Gasteiger partial charge in [-0.2, -0.15) is 0 Å². The van der Waals surface area contributed by atoms with Crippen molar-refractivity contribution in [1.82, 2.24) is 4.90 Å². The van der Waals surface area contributed by atoms with E-state index in [2.05, 4.69) is 0 Å². The third-order valence-electron chi connectivity index (χ3n) is 4.78. The first kappa shape index (κ1) is 18.6. The lowest BCUT2D eigenvalue weighted by Gasteiger charge is -2.25. The van der Waals surface area contributed by atoms with Gasteiger partial charge in [-0.25, -0.2) is 13.6 Å². The molecule has 2 aromatic rings. The smallest absolute Gasteiger partial charge is 0.253 e. The molecule has 26 heavy (non-hydrogen) atoms. The fourth-order valence-electron chi connectivity index (χ4n) is 3.38. The Morgan fingerprint density at radius 2 is 1.42 bits per heavy atom. The fraction of sp³-hybridized carbons (Fsp3) is 0.350. The van der Waals surface area contributed by atoms with Crippen LogP contribution in [0.25, 0.3) is 11.1 Å². The topological polar surface area (TPSA) is 80.5 Å². The average molecular weight is 372 g/mol. The Morgan fingerprint density at radius 1 is 0.846 bits per heavy atom. The molecule has 0 atom stereocenters. The lowest BCUT2D eigenvalue weighted by Crippen LogP contribution is -2.33. The summed E-state index contributed by atoms with van der Waals surface area (Å²) in [6.45, 7) is 1.60. The predicted molar refractivity (Wildman–Crippen MR) is 102 cm³/mol. The van der Waals surface area contributed by atoms with Crippen molar-refractivity contribution in [2.45, 2.75) is 37.0 Å². The molecular formula is C20H24N2O3S. The minimum atomic E-state index is -3.81. The molecule has 0 aromatic heterocycles. The Balaban J connectivity index is 1.84. The summed E-state index contributed by atoms with van der Waals surface area (Å²) in [6.07, 6.45) is 5.69. The van der Waals surface area contributed by atoms with E-state index in [4.69, 9.17) is 5.14 Å². The van der Waals surface area contributed by atoms with E-state index in [1.54, 1.807) is 42.5 Å². The Bertz CT molecular complexity index is 868. The van der Waals surface area contributed by atoms with E-state index in [9.17, 15) is 13.2 Å². The van der Waals surface area contributed by atoms with Crippen molar-refractivity contribution >= 4 is 15.9 Å². The van der Waals surface area contributed by atoms with E-state index in [0.717, 1.165) is 31.5 Å². The quantitative estimate of drug-likeness (QED) is 0.896. The summed E-state index contributed by atoms with van der Waals surface area (Å²) in [5.41, 5.74) is 1.89. The van der Waals surface area contributed by atoms with Crippen LogP contribution < -0.4 is 5.14 Å². The molecule has 0 spiro atoms. The maximum atomic E-state index is 12.7. The molecule has 0 bridgehead atoms. The minimum absolute atomic E-state index is 0.0400. The number of rotatable bonds is 3. The van der Waals surface area contributed by atoms with Crippen molar-refractivity contribution in [3.05, 3.63) is 54.1 Å². The normalized spacial score (nSPS) is 16.0. The lowest BCUT2D eigenvalue weighted by atomic mass is 10.0. The van der Waals surface area contributed by atoms with E-state index in [-0.39, 0.29) is 10.8 Å². The first-order valence-corrected chi connectivity index (χ1v) is 10.5. The minimum Gasteiger partial charge on any atom is -0.339 e. The highest BCUT2D eigenvalue weighted by molar-refractivity contribution is 7.89. The second kappa shape index (κ2) is 8.01. The number of carbonyl (C=O) groups excluding carboxylic acids is 1. The first-order chi connectivity index (χ1) is 12.5. The molecule has 5 nitrogen and oxygen atoms in total. The molecule has 1 amide bonds. The summed E-state index contributed by atoms with van der Waals surface area (Å²) < 4.78 is 23.6. The van der Waals surface area contributed by atoms with E-state index >= 15 is 0 Å². The van der Waals surface area contributed by atoms with Gasteiger partial charge < -0.3 is 4.90 Å². The molecule has 0 radical (unpaired) electrons. The summed E-state index contributed by atoms with van der Waals surface area (Å²) in [6, 6.07) is 13.7. The number of hydrogen-bond donors (Lipinski definition) is 1. The highest BCUT2D eigenvalue weighted by Gasteiger charge is 2.18. The Kier molecular flexibility index (Phi) is 5.74. The third kappa shape index (κ3) is 4.31. The van der Waals surface area contributed by atoms with Crippen LogP contribution in [0.2, 0.25) is 0 Å². The number of primary sulfonamides is 1. The average Bonchev–Trinajstić information content (AvgIpc) is 2.60. The van der Waals surface area contributed by atoms with Crippen molar-refractivity contribution < 1.29 is 13.2 Å². The molecular weight excluding hydrogens is 348 g/mol. The molecule has 0 saturated carbocycles. The van der Waals surface area contributed by atoms with Crippen LogP contribution in [-0.2, 0) is 10.0 Å². The van der Waals surface area contributed by atoms with Gasteiger partial charge in [0.05, 0.1) is 4.90 Å². The number of sulfonamides is 1. The van der Waals surface area contributed by atoms with Gasteiger partial charge in [-0.3, -0.25) is 4.79 Å². The molecule has 1 heterocycles. The number of hydrogen-bond acceptors (Lipinski definition) is 3. The Hall–Kier alpha value is -2.18. The van der Waals surface area contributed by atoms with Crippen LogP contribution in [0.3, 0.4) is 0 Å². The summed E-state index contributed by atoms with van der Waals surface area (Å²) in [7, 11) is -3.81. The predicted octanol–water partition coefficient (Wildman–Crippen LogP) is 3.41. The van der Waals surface area contributed by atoms with Gasteiger partial charge in [0.15, 0.2) is 0 Å². The van der Waals surface area contributed by atoms with Gasteiger partial charge in [-0.05, 0) is 36.6 Å². The molecule has 138 valence electrons. The van der Waals surface area contributed by atoms with Gasteiger partial charge in [0, 0.05) is 24.2 Å². The molecule has 1 saturated heterocycles. The molecule has 6 heteroatoms. The molecule has 1 aliphatic rings. The highest BCUT2D eigenvalue weighted by Crippen LogP contribution is 2.27. The second-order valence-corrected chi connectivity index (χ2v) is 8.21. The Morgan fingerprint density at radius 3 is 2.04 bits per heavy atom. The van der Waals surface area contributed by atoms with Crippen LogP contribution in [-0.4, -0.2) is 32.3 Å². The van der Waals surface area contributed by atoms with Gasteiger partial charge >= 0.3 is 0 Å². The van der Waals surface area contributed by atoms with E-state index < -0.39 is 10.0 Å². The van der Waals surface area contributed by atoms with Crippen molar-refractivity contribution in [3.63, 3.8) is 0 Å².